The number of ether oxygens (including phenoxy) is 1. The summed E-state index contributed by atoms with van der Waals surface area (Å²) in [6, 6.07) is 1.58. The molecule has 1 fully saturated rings. The molecule has 0 amide bonds. The van der Waals surface area contributed by atoms with Gasteiger partial charge in [-0.25, -0.2) is 8.42 Å². The standard InChI is InChI=1S/C18H33N5O4S/c1-4-19-18(20-7-5-12-26-14-16(2)3)22-8-10-23(11-9-22)28(24,25)15-17-6-13-27-21-17/h6,13,16H,4-5,7-12,14-15H2,1-3H3,(H,19,20). The van der Waals surface area contributed by atoms with Gasteiger partial charge in [-0.2, -0.15) is 4.31 Å². The van der Waals surface area contributed by atoms with Crippen molar-refractivity contribution in [2.45, 2.75) is 32.9 Å². The maximum Gasteiger partial charge on any atom is 0.220 e. The molecular weight excluding hydrogens is 382 g/mol. The molecule has 0 bridgehead atoms. The molecule has 0 saturated carbocycles. The monoisotopic (exact) mass is 415 g/mol. The molecule has 1 aromatic rings. The van der Waals surface area contributed by atoms with Crippen LogP contribution >= 0.6 is 0 Å². The summed E-state index contributed by atoms with van der Waals surface area (Å²) < 4.78 is 36.9. The van der Waals surface area contributed by atoms with Crippen molar-refractivity contribution in [2.75, 3.05) is 52.5 Å². The van der Waals surface area contributed by atoms with Crippen molar-refractivity contribution in [1.82, 2.24) is 19.7 Å². The Morgan fingerprint density at radius 3 is 2.71 bits per heavy atom. The number of aliphatic imine (C=N–C) groups is 1. The Balaban J connectivity index is 1.81. The summed E-state index contributed by atoms with van der Waals surface area (Å²) in [7, 11) is -3.39. The van der Waals surface area contributed by atoms with Gasteiger partial charge >= 0.3 is 0 Å². The number of piperazine rings is 1. The Hall–Kier alpha value is -1.65. The quantitative estimate of drug-likeness (QED) is 0.348. The summed E-state index contributed by atoms with van der Waals surface area (Å²) in [5, 5.41) is 6.99. The SMILES string of the molecule is CCNC(=NCCCOCC(C)C)N1CCN(S(=O)(=O)Cc2ccon2)CC1. The van der Waals surface area contributed by atoms with Crippen molar-refractivity contribution in [3.8, 4) is 0 Å². The van der Waals surface area contributed by atoms with E-state index in [0.29, 0.717) is 50.9 Å². The van der Waals surface area contributed by atoms with Crippen LogP contribution in [-0.2, 0) is 20.5 Å². The second kappa shape index (κ2) is 11.4. The summed E-state index contributed by atoms with van der Waals surface area (Å²) in [4.78, 5) is 6.77. The van der Waals surface area contributed by atoms with E-state index in [-0.39, 0.29) is 5.75 Å². The summed E-state index contributed by atoms with van der Waals surface area (Å²) in [6.07, 6.45) is 2.25. The molecule has 10 heteroatoms. The Bertz CT molecular complexity index is 683. The summed E-state index contributed by atoms with van der Waals surface area (Å²) in [5.41, 5.74) is 0.428. The third-order valence-electron chi connectivity index (χ3n) is 4.25. The zero-order chi connectivity index (χ0) is 20.4. The van der Waals surface area contributed by atoms with Crippen molar-refractivity contribution in [3.05, 3.63) is 18.0 Å². The number of rotatable bonds is 10. The topological polar surface area (TPSA) is 100 Å². The van der Waals surface area contributed by atoms with Crippen molar-refractivity contribution in [1.29, 1.82) is 0 Å². The number of nitrogens with one attached hydrogen (secondary N) is 1. The van der Waals surface area contributed by atoms with Crippen LogP contribution in [0.2, 0.25) is 0 Å². The lowest BCUT2D eigenvalue weighted by Crippen LogP contribution is -2.53. The van der Waals surface area contributed by atoms with Gasteiger partial charge in [0.25, 0.3) is 0 Å². The smallest absolute Gasteiger partial charge is 0.220 e. The first-order valence-electron chi connectivity index (χ1n) is 9.90. The molecule has 0 atom stereocenters. The van der Waals surface area contributed by atoms with Crippen molar-refractivity contribution >= 4 is 16.0 Å². The molecule has 28 heavy (non-hydrogen) atoms. The number of hydrogen-bond donors (Lipinski definition) is 1. The van der Waals surface area contributed by atoms with Gasteiger partial charge in [-0.1, -0.05) is 19.0 Å². The molecule has 2 rings (SSSR count). The maximum absolute atomic E-state index is 12.5. The first kappa shape index (κ1) is 22.6. The lowest BCUT2D eigenvalue weighted by Gasteiger charge is -2.35. The first-order valence-corrected chi connectivity index (χ1v) is 11.5. The molecule has 0 unspecified atom stereocenters. The Labute approximate surface area is 168 Å². The van der Waals surface area contributed by atoms with Crippen molar-refractivity contribution < 1.29 is 17.7 Å². The molecule has 1 aromatic heterocycles. The second-order valence-corrected chi connectivity index (χ2v) is 9.16. The summed E-state index contributed by atoms with van der Waals surface area (Å²) >= 11 is 0. The Kier molecular flexibility index (Phi) is 9.20. The highest BCUT2D eigenvalue weighted by molar-refractivity contribution is 7.88. The molecule has 1 aliphatic heterocycles. The van der Waals surface area contributed by atoms with E-state index < -0.39 is 10.0 Å². The van der Waals surface area contributed by atoms with Gasteiger partial charge in [0.15, 0.2) is 5.96 Å². The van der Waals surface area contributed by atoms with E-state index in [1.165, 1.54) is 10.6 Å². The molecule has 0 spiro atoms. The van der Waals surface area contributed by atoms with Crippen molar-refractivity contribution in [3.63, 3.8) is 0 Å². The predicted molar refractivity (Wildman–Crippen MR) is 109 cm³/mol. The fraction of sp³-hybridized carbons (Fsp3) is 0.778. The molecular formula is C18H33N5O4S. The maximum atomic E-state index is 12.5. The number of sulfonamides is 1. The lowest BCUT2D eigenvalue weighted by molar-refractivity contribution is 0.109. The van der Waals surface area contributed by atoms with Crippen LogP contribution < -0.4 is 5.32 Å². The van der Waals surface area contributed by atoms with Crippen LogP contribution in [-0.4, -0.2) is 81.2 Å². The van der Waals surface area contributed by atoms with E-state index in [4.69, 9.17) is 9.26 Å². The third-order valence-corrected chi connectivity index (χ3v) is 6.06. The van der Waals surface area contributed by atoms with E-state index in [2.05, 4.69) is 34.2 Å². The zero-order valence-electron chi connectivity index (χ0n) is 17.1. The van der Waals surface area contributed by atoms with Gasteiger partial charge in [-0.15, -0.1) is 0 Å². The first-order chi connectivity index (χ1) is 13.4. The average molecular weight is 416 g/mol. The van der Waals surface area contributed by atoms with Gasteiger partial charge in [0.1, 0.15) is 12.0 Å². The molecule has 1 aliphatic rings. The molecule has 1 saturated heterocycles. The van der Waals surface area contributed by atoms with Crippen LogP contribution in [0.15, 0.2) is 21.8 Å². The van der Waals surface area contributed by atoms with Crippen LogP contribution in [0.3, 0.4) is 0 Å². The molecule has 9 nitrogen and oxygen atoms in total. The highest BCUT2D eigenvalue weighted by Crippen LogP contribution is 2.13. The lowest BCUT2D eigenvalue weighted by atomic mass is 10.2. The highest BCUT2D eigenvalue weighted by Gasteiger charge is 2.28. The Morgan fingerprint density at radius 1 is 1.36 bits per heavy atom. The fourth-order valence-electron chi connectivity index (χ4n) is 2.86. The van der Waals surface area contributed by atoms with Crippen LogP contribution in [0.1, 0.15) is 32.9 Å². The minimum Gasteiger partial charge on any atom is -0.381 e. The number of guanidine groups is 1. The van der Waals surface area contributed by atoms with Gasteiger partial charge in [-0.05, 0) is 19.3 Å². The van der Waals surface area contributed by atoms with Gasteiger partial charge < -0.3 is 19.5 Å². The Morgan fingerprint density at radius 2 is 2.11 bits per heavy atom. The molecule has 160 valence electrons. The fourth-order valence-corrected chi connectivity index (χ4v) is 4.29. The minimum absolute atomic E-state index is 0.131. The molecule has 0 aliphatic carbocycles. The van der Waals surface area contributed by atoms with Gasteiger partial charge in [-0.3, -0.25) is 4.99 Å². The van der Waals surface area contributed by atoms with Crippen LogP contribution in [0.4, 0.5) is 0 Å². The summed E-state index contributed by atoms with van der Waals surface area (Å²) in [5.74, 6) is 1.24. The van der Waals surface area contributed by atoms with E-state index in [0.717, 1.165) is 25.5 Å². The molecule has 2 heterocycles. The summed E-state index contributed by atoms with van der Waals surface area (Å²) in [6.45, 7) is 11.3. The van der Waals surface area contributed by atoms with E-state index in [1.807, 2.05) is 6.92 Å². The second-order valence-electron chi connectivity index (χ2n) is 7.19. The number of aromatic nitrogens is 1. The highest BCUT2D eigenvalue weighted by atomic mass is 32.2. The van der Waals surface area contributed by atoms with Crippen LogP contribution in [0, 0.1) is 5.92 Å². The van der Waals surface area contributed by atoms with E-state index >= 15 is 0 Å². The molecule has 0 aromatic carbocycles. The number of hydrogen-bond acceptors (Lipinski definition) is 6. The molecule has 1 N–H and O–H groups in total. The van der Waals surface area contributed by atoms with Crippen LogP contribution in [0.5, 0.6) is 0 Å². The minimum atomic E-state index is -3.39. The normalized spacial score (nSPS) is 16.7. The van der Waals surface area contributed by atoms with Gasteiger partial charge in [0.05, 0.1) is 5.69 Å². The largest absolute Gasteiger partial charge is 0.381 e. The zero-order valence-corrected chi connectivity index (χ0v) is 17.9. The van der Waals surface area contributed by atoms with Crippen molar-refractivity contribution in [2.24, 2.45) is 10.9 Å². The van der Waals surface area contributed by atoms with E-state index in [9.17, 15) is 8.42 Å². The third kappa shape index (κ3) is 7.40. The van der Waals surface area contributed by atoms with Crippen LogP contribution in [0.25, 0.3) is 0 Å². The number of nitrogens with zero attached hydrogens (tertiary/aromatic N) is 4. The average Bonchev–Trinajstić information content (AvgIpc) is 3.16. The van der Waals surface area contributed by atoms with Gasteiger partial charge in [0.2, 0.25) is 10.0 Å². The predicted octanol–water partition coefficient (Wildman–Crippen LogP) is 1.15. The van der Waals surface area contributed by atoms with Gasteiger partial charge in [0, 0.05) is 58.5 Å². The molecule has 0 radical (unpaired) electrons. The van der Waals surface area contributed by atoms with E-state index in [1.54, 1.807) is 6.07 Å².